The van der Waals surface area contributed by atoms with Crippen LogP contribution in [0.25, 0.3) is 0 Å². The molecule has 4 N–H and O–H groups in total. The maximum atomic E-state index is 10.9. The number of rotatable bonds is 6. The van der Waals surface area contributed by atoms with Gasteiger partial charge in [0, 0.05) is 34.9 Å². The minimum Gasteiger partial charge on any atom is -0.370 e. The second-order valence-corrected chi connectivity index (χ2v) is 4.95. The molecule has 16 heavy (non-hydrogen) atoms. The van der Waals surface area contributed by atoms with Gasteiger partial charge in [0.05, 0.1) is 0 Å². The van der Waals surface area contributed by atoms with Crippen LogP contribution in [0.1, 0.15) is 12.0 Å². The fourth-order valence-corrected chi connectivity index (χ4v) is 1.81. The van der Waals surface area contributed by atoms with Gasteiger partial charge in [-0.05, 0) is 13.3 Å². The van der Waals surface area contributed by atoms with E-state index in [1.165, 1.54) is 6.33 Å². The number of nitrogens with two attached hydrogens (primary N) is 1. The highest BCUT2D eigenvalue weighted by Gasteiger charge is 2.04. The standard InChI is InChI=1S/C9H17N5OS/c1-7-8(11-4-3-5-16(2)15)12-6-13-9(7)14-10/h6H,3-5,10H2,1-2H3,(H2,11,12,13,14). The van der Waals surface area contributed by atoms with Crippen molar-refractivity contribution in [3.8, 4) is 0 Å². The molecule has 0 amide bonds. The van der Waals surface area contributed by atoms with Crippen LogP contribution >= 0.6 is 0 Å². The third-order valence-electron chi connectivity index (χ3n) is 2.12. The zero-order chi connectivity index (χ0) is 12.0. The van der Waals surface area contributed by atoms with E-state index in [4.69, 9.17) is 5.84 Å². The first kappa shape index (κ1) is 12.9. The summed E-state index contributed by atoms with van der Waals surface area (Å²) in [4.78, 5) is 8.09. The van der Waals surface area contributed by atoms with Gasteiger partial charge < -0.3 is 10.7 Å². The summed E-state index contributed by atoms with van der Waals surface area (Å²) in [6.45, 7) is 2.62. The fourth-order valence-electron chi connectivity index (χ4n) is 1.26. The lowest BCUT2D eigenvalue weighted by atomic mass is 10.3. The Bertz CT molecular complexity index is 371. The summed E-state index contributed by atoms with van der Waals surface area (Å²) in [5.41, 5.74) is 3.38. The van der Waals surface area contributed by atoms with E-state index in [0.717, 1.165) is 24.3 Å². The van der Waals surface area contributed by atoms with Gasteiger partial charge >= 0.3 is 0 Å². The normalized spacial score (nSPS) is 12.2. The zero-order valence-corrected chi connectivity index (χ0v) is 10.3. The predicted octanol–water partition coefficient (Wildman–Crippen LogP) is 0.251. The Hall–Kier alpha value is -1.21. The van der Waals surface area contributed by atoms with Crippen LogP contribution in [-0.4, -0.2) is 32.7 Å². The minimum atomic E-state index is -0.740. The van der Waals surface area contributed by atoms with Crippen LogP contribution in [-0.2, 0) is 10.8 Å². The third kappa shape index (κ3) is 3.74. The van der Waals surface area contributed by atoms with Gasteiger partial charge in [0.25, 0.3) is 0 Å². The first-order valence-corrected chi connectivity index (χ1v) is 6.70. The summed E-state index contributed by atoms with van der Waals surface area (Å²) in [5.74, 6) is 7.36. The lowest BCUT2D eigenvalue weighted by molar-refractivity contribution is 0.685. The topological polar surface area (TPSA) is 92.9 Å². The lowest BCUT2D eigenvalue weighted by Gasteiger charge is -2.10. The van der Waals surface area contributed by atoms with Crippen molar-refractivity contribution in [3.05, 3.63) is 11.9 Å². The lowest BCUT2D eigenvalue weighted by Crippen LogP contribution is -2.13. The molecule has 1 aromatic heterocycles. The molecule has 1 atom stereocenters. The Labute approximate surface area is 97.5 Å². The first-order chi connectivity index (χ1) is 7.65. The van der Waals surface area contributed by atoms with Gasteiger partial charge in [0.15, 0.2) is 0 Å². The summed E-state index contributed by atoms with van der Waals surface area (Å²) >= 11 is 0. The van der Waals surface area contributed by atoms with E-state index < -0.39 is 10.8 Å². The van der Waals surface area contributed by atoms with Crippen LogP contribution in [0.15, 0.2) is 6.33 Å². The maximum absolute atomic E-state index is 10.9. The van der Waals surface area contributed by atoms with Crippen LogP contribution in [0.5, 0.6) is 0 Å². The molecule has 1 heterocycles. The van der Waals surface area contributed by atoms with Crippen LogP contribution in [0, 0.1) is 6.92 Å². The van der Waals surface area contributed by atoms with Crippen molar-refractivity contribution in [3.63, 3.8) is 0 Å². The molecule has 1 rings (SSSR count). The van der Waals surface area contributed by atoms with E-state index in [1.807, 2.05) is 6.92 Å². The second-order valence-electron chi connectivity index (χ2n) is 3.40. The molecule has 6 nitrogen and oxygen atoms in total. The minimum absolute atomic E-state index is 0.608. The number of hydrogen-bond donors (Lipinski definition) is 3. The van der Waals surface area contributed by atoms with Gasteiger partial charge in [-0.15, -0.1) is 0 Å². The Morgan fingerprint density at radius 1 is 1.44 bits per heavy atom. The molecule has 0 aliphatic heterocycles. The van der Waals surface area contributed by atoms with Gasteiger partial charge in [-0.2, -0.15) is 0 Å². The smallest absolute Gasteiger partial charge is 0.148 e. The van der Waals surface area contributed by atoms with Gasteiger partial charge in [0.2, 0.25) is 0 Å². The molecule has 90 valence electrons. The van der Waals surface area contributed by atoms with E-state index in [0.29, 0.717) is 11.6 Å². The van der Waals surface area contributed by atoms with Gasteiger partial charge in [0.1, 0.15) is 18.0 Å². The largest absolute Gasteiger partial charge is 0.370 e. The molecule has 7 heteroatoms. The number of hydrogen-bond acceptors (Lipinski definition) is 6. The van der Waals surface area contributed by atoms with Gasteiger partial charge in [-0.1, -0.05) is 0 Å². The number of nitrogens with one attached hydrogen (secondary N) is 2. The van der Waals surface area contributed by atoms with E-state index in [2.05, 4.69) is 20.7 Å². The summed E-state index contributed by atoms with van der Waals surface area (Å²) in [5, 5.41) is 3.16. The maximum Gasteiger partial charge on any atom is 0.148 e. The van der Waals surface area contributed by atoms with Crippen LogP contribution < -0.4 is 16.6 Å². The molecule has 1 unspecified atom stereocenters. The molecule has 0 aliphatic carbocycles. The summed E-state index contributed by atoms with van der Waals surface area (Å²) in [7, 11) is -0.740. The average Bonchev–Trinajstić information content (AvgIpc) is 2.26. The molecule has 0 spiro atoms. The summed E-state index contributed by atoms with van der Waals surface area (Å²) < 4.78 is 10.9. The zero-order valence-electron chi connectivity index (χ0n) is 9.49. The van der Waals surface area contributed by atoms with Gasteiger partial charge in [-0.3, -0.25) is 4.21 Å². The van der Waals surface area contributed by atoms with E-state index in [9.17, 15) is 4.21 Å². The quantitative estimate of drug-likeness (QED) is 0.377. The van der Waals surface area contributed by atoms with E-state index >= 15 is 0 Å². The highest BCUT2D eigenvalue weighted by atomic mass is 32.2. The fraction of sp³-hybridized carbons (Fsp3) is 0.556. The average molecular weight is 243 g/mol. The Kier molecular flexibility index (Phi) is 5.13. The molecule has 0 aliphatic rings. The van der Waals surface area contributed by atoms with Crippen LogP contribution in [0.4, 0.5) is 11.6 Å². The van der Waals surface area contributed by atoms with Crippen molar-refractivity contribution in [1.82, 2.24) is 9.97 Å². The molecular formula is C9H17N5OS. The summed E-state index contributed by atoms with van der Waals surface area (Å²) in [6, 6.07) is 0. The van der Waals surface area contributed by atoms with E-state index in [1.54, 1.807) is 6.26 Å². The van der Waals surface area contributed by atoms with Crippen LogP contribution in [0.2, 0.25) is 0 Å². The highest BCUT2D eigenvalue weighted by Crippen LogP contribution is 2.16. The first-order valence-electron chi connectivity index (χ1n) is 4.97. The molecule has 0 aromatic carbocycles. The van der Waals surface area contributed by atoms with E-state index in [-0.39, 0.29) is 0 Å². The predicted molar refractivity (Wildman–Crippen MR) is 66.6 cm³/mol. The van der Waals surface area contributed by atoms with Crippen molar-refractivity contribution in [2.45, 2.75) is 13.3 Å². The third-order valence-corrected chi connectivity index (χ3v) is 2.99. The summed E-state index contributed by atoms with van der Waals surface area (Å²) in [6.07, 6.45) is 3.99. The Morgan fingerprint density at radius 2 is 2.12 bits per heavy atom. The molecule has 0 radical (unpaired) electrons. The Morgan fingerprint density at radius 3 is 2.75 bits per heavy atom. The molecular weight excluding hydrogens is 226 g/mol. The number of aromatic nitrogens is 2. The molecule has 0 bridgehead atoms. The van der Waals surface area contributed by atoms with Gasteiger partial charge in [-0.25, -0.2) is 15.8 Å². The molecule has 0 fully saturated rings. The van der Waals surface area contributed by atoms with Crippen molar-refractivity contribution >= 4 is 22.4 Å². The van der Waals surface area contributed by atoms with Crippen molar-refractivity contribution in [2.75, 3.05) is 29.3 Å². The van der Waals surface area contributed by atoms with Crippen molar-refractivity contribution in [1.29, 1.82) is 0 Å². The Balaban J connectivity index is 2.50. The van der Waals surface area contributed by atoms with Crippen molar-refractivity contribution in [2.24, 2.45) is 5.84 Å². The molecule has 0 saturated carbocycles. The second kappa shape index (κ2) is 6.39. The van der Waals surface area contributed by atoms with Crippen molar-refractivity contribution < 1.29 is 4.21 Å². The highest BCUT2D eigenvalue weighted by molar-refractivity contribution is 7.84. The molecule has 1 aromatic rings. The SMILES string of the molecule is Cc1c(NN)ncnc1NCCCS(C)=O. The monoisotopic (exact) mass is 243 g/mol. The number of nitrogens with zero attached hydrogens (tertiary/aromatic N) is 2. The van der Waals surface area contributed by atoms with Crippen LogP contribution in [0.3, 0.4) is 0 Å². The number of hydrazine groups is 1. The molecule has 0 saturated heterocycles. The number of nitrogen functional groups attached to an aromatic ring is 1. The number of anilines is 2.